The molecule has 0 N–H and O–H groups in total. The molecule has 0 aromatic heterocycles. The molecule has 0 amide bonds. The second kappa shape index (κ2) is 9.30. The van der Waals surface area contributed by atoms with Gasteiger partial charge in [-0.2, -0.15) is 0 Å². The second-order valence-electron chi connectivity index (χ2n) is 7.56. The lowest BCUT2D eigenvalue weighted by molar-refractivity contribution is -0.123. The minimum absolute atomic E-state index is 0.0849. The molecule has 0 spiro atoms. The normalized spacial score (nSPS) is 26.2. The van der Waals surface area contributed by atoms with Crippen molar-refractivity contribution in [2.24, 2.45) is 11.8 Å². The number of hydrogen-bond donors (Lipinski definition) is 0. The molecule has 1 unspecified atom stereocenters. The minimum Gasteiger partial charge on any atom is -0.303 e. The Morgan fingerprint density at radius 2 is 1.79 bits per heavy atom. The van der Waals surface area contributed by atoms with Crippen molar-refractivity contribution >= 4 is 15.8 Å². The first-order chi connectivity index (χ1) is 11.4. The Hall–Kier alpha value is -0.460. The van der Waals surface area contributed by atoms with Crippen LogP contribution in [0.2, 0.25) is 0 Å². The molecule has 0 aliphatic carbocycles. The maximum absolute atomic E-state index is 12.6. The number of unbranched alkanes of at least 4 members (excludes halogenated alkanes) is 2. The first-order valence-corrected chi connectivity index (χ1v) is 11.5. The molecule has 0 saturated carbocycles. The van der Waals surface area contributed by atoms with Gasteiger partial charge in [0.05, 0.1) is 6.26 Å². The average molecular weight is 359 g/mol. The molecule has 2 aliphatic rings. The van der Waals surface area contributed by atoms with E-state index in [0.717, 1.165) is 32.2 Å². The fourth-order valence-corrected chi connectivity index (χ4v) is 5.03. The van der Waals surface area contributed by atoms with Gasteiger partial charge in [0, 0.05) is 25.4 Å². The first kappa shape index (κ1) is 19.9. The van der Waals surface area contributed by atoms with Crippen molar-refractivity contribution in [3.8, 4) is 0 Å². The molecule has 5 nitrogen and oxygen atoms in total. The van der Waals surface area contributed by atoms with Crippen molar-refractivity contribution in [3.05, 3.63) is 0 Å². The smallest absolute Gasteiger partial charge is 0.211 e. The SMILES string of the molecule is CCC[C@H]1CN(S(C)(=O)=O)CC1C(=O)CCCCCN1CCCC1. The molecule has 2 heterocycles. The van der Waals surface area contributed by atoms with Crippen LogP contribution in [0.25, 0.3) is 0 Å². The van der Waals surface area contributed by atoms with Crippen LogP contribution in [0.1, 0.15) is 58.3 Å². The molecular weight excluding hydrogens is 324 g/mol. The van der Waals surface area contributed by atoms with Gasteiger partial charge in [0.25, 0.3) is 0 Å². The zero-order valence-electron chi connectivity index (χ0n) is 15.4. The van der Waals surface area contributed by atoms with Gasteiger partial charge in [0.1, 0.15) is 5.78 Å². The summed E-state index contributed by atoms with van der Waals surface area (Å²) < 4.78 is 25.1. The summed E-state index contributed by atoms with van der Waals surface area (Å²) in [7, 11) is -3.18. The lowest BCUT2D eigenvalue weighted by atomic mass is 9.86. The van der Waals surface area contributed by atoms with Crippen LogP contribution in [0, 0.1) is 11.8 Å². The van der Waals surface area contributed by atoms with E-state index >= 15 is 0 Å². The fourth-order valence-electron chi connectivity index (χ4n) is 4.13. The number of carbonyl (C=O) groups is 1. The van der Waals surface area contributed by atoms with Crippen molar-refractivity contribution in [1.29, 1.82) is 0 Å². The predicted molar refractivity (Wildman–Crippen MR) is 97.5 cm³/mol. The molecule has 2 atom stereocenters. The monoisotopic (exact) mass is 358 g/mol. The largest absolute Gasteiger partial charge is 0.303 e. The number of likely N-dealkylation sites (tertiary alicyclic amines) is 1. The van der Waals surface area contributed by atoms with E-state index in [9.17, 15) is 13.2 Å². The summed E-state index contributed by atoms with van der Waals surface area (Å²) in [5, 5.41) is 0. The van der Waals surface area contributed by atoms with Gasteiger partial charge < -0.3 is 4.90 Å². The van der Waals surface area contributed by atoms with Gasteiger partial charge >= 0.3 is 0 Å². The summed E-state index contributed by atoms with van der Waals surface area (Å²) in [5.41, 5.74) is 0. The summed E-state index contributed by atoms with van der Waals surface area (Å²) in [6.07, 6.45) is 9.69. The van der Waals surface area contributed by atoms with Crippen LogP contribution in [0.15, 0.2) is 0 Å². The summed E-state index contributed by atoms with van der Waals surface area (Å²) >= 11 is 0. The Bertz CT molecular complexity index is 500. The lowest BCUT2D eigenvalue weighted by Crippen LogP contribution is -2.28. The summed E-state index contributed by atoms with van der Waals surface area (Å²) in [4.78, 5) is 15.1. The van der Waals surface area contributed by atoms with Crippen molar-refractivity contribution in [2.45, 2.75) is 58.3 Å². The Kier molecular flexibility index (Phi) is 7.69. The van der Waals surface area contributed by atoms with Gasteiger partial charge in [-0.25, -0.2) is 12.7 Å². The molecule has 24 heavy (non-hydrogen) atoms. The maximum atomic E-state index is 12.6. The standard InChI is InChI=1S/C18H34N2O3S/c1-3-9-16-14-20(24(2,22)23)15-17(16)18(21)10-5-4-6-11-19-12-7-8-13-19/h16-17H,3-15H2,1-2H3/t16-,17?/m0/s1. The van der Waals surface area contributed by atoms with Crippen LogP contribution in [0.5, 0.6) is 0 Å². The summed E-state index contributed by atoms with van der Waals surface area (Å²) in [5.74, 6) is 0.404. The lowest BCUT2D eigenvalue weighted by Gasteiger charge is -2.17. The molecule has 6 heteroatoms. The van der Waals surface area contributed by atoms with E-state index in [0.29, 0.717) is 19.5 Å². The Morgan fingerprint density at radius 3 is 2.42 bits per heavy atom. The van der Waals surface area contributed by atoms with Crippen LogP contribution in [-0.2, 0) is 14.8 Å². The summed E-state index contributed by atoms with van der Waals surface area (Å²) in [6.45, 7) is 6.66. The van der Waals surface area contributed by atoms with Gasteiger partial charge in [0.2, 0.25) is 10.0 Å². The van der Waals surface area contributed by atoms with Crippen molar-refractivity contribution in [1.82, 2.24) is 9.21 Å². The highest BCUT2D eigenvalue weighted by Crippen LogP contribution is 2.30. The Labute approximate surface area is 147 Å². The van der Waals surface area contributed by atoms with Crippen molar-refractivity contribution in [2.75, 3.05) is 39.0 Å². The number of Topliss-reactive ketones (excluding diaryl/α,β-unsaturated/α-hetero) is 1. The highest BCUT2D eigenvalue weighted by atomic mass is 32.2. The van der Waals surface area contributed by atoms with Crippen LogP contribution < -0.4 is 0 Å². The van der Waals surface area contributed by atoms with Crippen LogP contribution in [0.4, 0.5) is 0 Å². The van der Waals surface area contributed by atoms with E-state index < -0.39 is 10.0 Å². The van der Waals surface area contributed by atoms with E-state index in [1.54, 1.807) is 0 Å². The van der Waals surface area contributed by atoms with Gasteiger partial charge in [-0.05, 0) is 57.7 Å². The quantitative estimate of drug-likeness (QED) is 0.563. The third kappa shape index (κ3) is 5.81. The van der Waals surface area contributed by atoms with Gasteiger partial charge in [0.15, 0.2) is 0 Å². The molecular formula is C18H34N2O3S. The number of hydrogen-bond acceptors (Lipinski definition) is 4. The average Bonchev–Trinajstić information content (AvgIpc) is 3.16. The zero-order chi connectivity index (χ0) is 17.6. The molecule has 140 valence electrons. The molecule has 2 saturated heterocycles. The van der Waals surface area contributed by atoms with Gasteiger partial charge in [-0.1, -0.05) is 19.8 Å². The van der Waals surface area contributed by atoms with E-state index in [1.807, 2.05) is 0 Å². The van der Waals surface area contributed by atoms with Gasteiger partial charge in [-0.3, -0.25) is 4.79 Å². The highest BCUT2D eigenvalue weighted by Gasteiger charge is 2.39. The molecule has 2 rings (SSSR count). The number of ketones is 1. The van der Waals surface area contributed by atoms with Crippen molar-refractivity contribution in [3.63, 3.8) is 0 Å². The second-order valence-corrected chi connectivity index (χ2v) is 9.54. The molecule has 0 bridgehead atoms. The van der Waals surface area contributed by atoms with E-state index in [-0.39, 0.29) is 17.6 Å². The van der Waals surface area contributed by atoms with Crippen LogP contribution in [0.3, 0.4) is 0 Å². The van der Waals surface area contributed by atoms with E-state index in [2.05, 4.69) is 11.8 Å². The van der Waals surface area contributed by atoms with E-state index in [4.69, 9.17) is 0 Å². The molecule has 0 aromatic carbocycles. The molecule has 0 aromatic rings. The molecule has 0 radical (unpaired) electrons. The predicted octanol–water partition coefficient (Wildman–Crippen LogP) is 2.52. The minimum atomic E-state index is -3.18. The highest BCUT2D eigenvalue weighted by molar-refractivity contribution is 7.88. The summed E-state index contributed by atoms with van der Waals surface area (Å²) in [6, 6.07) is 0. The first-order valence-electron chi connectivity index (χ1n) is 9.62. The molecule has 2 fully saturated rings. The number of carbonyl (C=O) groups excluding carboxylic acids is 1. The topological polar surface area (TPSA) is 57.7 Å². The number of sulfonamides is 1. The Balaban J connectivity index is 1.72. The van der Waals surface area contributed by atoms with E-state index in [1.165, 1.54) is 42.9 Å². The number of nitrogens with zero attached hydrogens (tertiary/aromatic N) is 2. The number of rotatable bonds is 10. The van der Waals surface area contributed by atoms with Crippen LogP contribution >= 0.6 is 0 Å². The molecule has 2 aliphatic heterocycles. The zero-order valence-corrected chi connectivity index (χ0v) is 16.2. The third-order valence-electron chi connectivity index (χ3n) is 5.55. The Morgan fingerprint density at radius 1 is 1.08 bits per heavy atom. The van der Waals surface area contributed by atoms with Crippen molar-refractivity contribution < 1.29 is 13.2 Å². The van der Waals surface area contributed by atoms with Crippen LogP contribution in [-0.4, -0.2) is 62.4 Å². The fraction of sp³-hybridized carbons (Fsp3) is 0.944. The third-order valence-corrected chi connectivity index (χ3v) is 6.78. The maximum Gasteiger partial charge on any atom is 0.211 e. The van der Waals surface area contributed by atoms with Gasteiger partial charge in [-0.15, -0.1) is 0 Å².